The first-order chi connectivity index (χ1) is 7.09. The predicted octanol–water partition coefficient (Wildman–Crippen LogP) is 5.10. The normalized spacial score (nSPS) is 13.1. The maximum absolute atomic E-state index is 6.04. The SMILES string of the molecule is Cc1ccoc1C(Br)c1cc(C)c(Cl)s1. The summed E-state index contributed by atoms with van der Waals surface area (Å²) in [4.78, 5) is 1.28. The molecule has 0 N–H and O–H groups in total. The van der Waals surface area contributed by atoms with Gasteiger partial charge in [-0.2, -0.15) is 0 Å². The van der Waals surface area contributed by atoms with Crippen LogP contribution < -0.4 is 0 Å². The maximum Gasteiger partial charge on any atom is 0.125 e. The van der Waals surface area contributed by atoms with Crippen LogP contribution in [0.1, 0.15) is 26.6 Å². The first-order valence-electron chi connectivity index (χ1n) is 4.53. The molecule has 0 amide bonds. The molecule has 2 rings (SSSR count). The van der Waals surface area contributed by atoms with E-state index in [0.29, 0.717) is 0 Å². The molecule has 1 atom stereocenters. The molecule has 0 aliphatic carbocycles. The largest absolute Gasteiger partial charge is 0.467 e. The minimum atomic E-state index is 0.101. The summed E-state index contributed by atoms with van der Waals surface area (Å²) >= 11 is 11.3. The summed E-state index contributed by atoms with van der Waals surface area (Å²) in [6.07, 6.45) is 1.71. The molecular weight excluding hydrogens is 296 g/mol. The number of thiophene rings is 1. The summed E-state index contributed by atoms with van der Waals surface area (Å²) in [6.45, 7) is 4.05. The first kappa shape index (κ1) is 11.2. The molecule has 0 fully saturated rings. The Hall–Kier alpha value is -0.250. The van der Waals surface area contributed by atoms with Gasteiger partial charge in [0.2, 0.25) is 0 Å². The van der Waals surface area contributed by atoms with E-state index in [-0.39, 0.29) is 4.83 Å². The maximum atomic E-state index is 6.04. The number of rotatable bonds is 2. The topological polar surface area (TPSA) is 13.1 Å². The lowest BCUT2D eigenvalue weighted by molar-refractivity contribution is 0.518. The molecular formula is C11H10BrClOS. The third-order valence-corrected chi connectivity index (χ3v) is 5.09. The molecule has 0 saturated heterocycles. The monoisotopic (exact) mass is 304 g/mol. The van der Waals surface area contributed by atoms with Crippen molar-refractivity contribution >= 4 is 38.9 Å². The fourth-order valence-corrected chi connectivity index (χ4v) is 3.46. The summed E-state index contributed by atoms with van der Waals surface area (Å²) in [5, 5.41) is 0. The van der Waals surface area contributed by atoms with Crippen molar-refractivity contribution in [2.24, 2.45) is 0 Å². The van der Waals surface area contributed by atoms with E-state index in [1.807, 2.05) is 19.9 Å². The summed E-state index contributed by atoms with van der Waals surface area (Å²) < 4.78 is 6.29. The van der Waals surface area contributed by atoms with E-state index in [4.69, 9.17) is 16.0 Å². The van der Waals surface area contributed by atoms with Crippen LogP contribution in [0.2, 0.25) is 4.34 Å². The van der Waals surface area contributed by atoms with Gasteiger partial charge in [-0.05, 0) is 37.1 Å². The molecule has 80 valence electrons. The minimum Gasteiger partial charge on any atom is -0.467 e. The summed E-state index contributed by atoms with van der Waals surface area (Å²) in [5.74, 6) is 0.952. The lowest BCUT2D eigenvalue weighted by Crippen LogP contribution is -1.88. The van der Waals surface area contributed by atoms with Gasteiger partial charge in [0.15, 0.2) is 0 Å². The Kier molecular flexibility index (Phi) is 3.24. The summed E-state index contributed by atoms with van der Waals surface area (Å²) in [7, 11) is 0. The number of hydrogen-bond acceptors (Lipinski definition) is 2. The van der Waals surface area contributed by atoms with Crippen LogP contribution in [0.15, 0.2) is 22.8 Å². The average molecular weight is 306 g/mol. The van der Waals surface area contributed by atoms with Crippen LogP contribution in [0.4, 0.5) is 0 Å². The van der Waals surface area contributed by atoms with Crippen LogP contribution in [-0.2, 0) is 0 Å². The molecule has 0 spiro atoms. The third kappa shape index (κ3) is 2.14. The Morgan fingerprint density at radius 3 is 2.60 bits per heavy atom. The van der Waals surface area contributed by atoms with Gasteiger partial charge in [0.1, 0.15) is 10.6 Å². The van der Waals surface area contributed by atoms with E-state index in [0.717, 1.165) is 21.2 Å². The molecule has 2 aromatic heterocycles. The van der Waals surface area contributed by atoms with Crippen LogP contribution >= 0.6 is 38.9 Å². The Bertz CT molecular complexity index is 455. The number of halogens is 2. The molecule has 1 nitrogen and oxygen atoms in total. The molecule has 0 bridgehead atoms. The molecule has 2 aromatic rings. The van der Waals surface area contributed by atoms with Gasteiger partial charge < -0.3 is 4.42 Å². The van der Waals surface area contributed by atoms with Crippen LogP contribution in [0.3, 0.4) is 0 Å². The lowest BCUT2D eigenvalue weighted by atomic mass is 10.2. The Balaban J connectivity index is 2.36. The van der Waals surface area contributed by atoms with Gasteiger partial charge in [-0.1, -0.05) is 27.5 Å². The molecule has 2 heterocycles. The van der Waals surface area contributed by atoms with Crippen molar-refractivity contribution in [3.05, 3.63) is 44.5 Å². The van der Waals surface area contributed by atoms with Gasteiger partial charge in [0, 0.05) is 4.88 Å². The second-order valence-electron chi connectivity index (χ2n) is 3.44. The molecule has 4 heteroatoms. The van der Waals surface area contributed by atoms with E-state index in [1.54, 1.807) is 17.6 Å². The Labute approximate surface area is 106 Å². The van der Waals surface area contributed by atoms with Crippen molar-refractivity contribution in [2.75, 3.05) is 0 Å². The van der Waals surface area contributed by atoms with E-state index in [2.05, 4.69) is 22.0 Å². The standard InChI is InChI=1S/C11H10BrClOS/c1-6-3-4-14-10(6)9(12)8-5-7(2)11(13)15-8/h3-5,9H,1-2H3. The quantitative estimate of drug-likeness (QED) is 0.704. The number of aryl methyl sites for hydroxylation is 2. The number of alkyl halides is 1. The van der Waals surface area contributed by atoms with Crippen molar-refractivity contribution in [1.82, 2.24) is 0 Å². The van der Waals surface area contributed by atoms with Gasteiger partial charge in [-0.25, -0.2) is 0 Å². The van der Waals surface area contributed by atoms with Crippen LogP contribution in [0, 0.1) is 13.8 Å². The zero-order chi connectivity index (χ0) is 11.0. The molecule has 1 unspecified atom stereocenters. The highest BCUT2D eigenvalue weighted by atomic mass is 79.9. The Morgan fingerprint density at radius 2 is 2.13 bits per heavy atom. The van der Waals surface area contributed by atoms with E-state index >= 15 is 0 Å². The van der Waals surface area contributed by atoms with Crippen LogP contribution in [0.5, 0.6) is 0 Å². The predicted molar refractivity (Wildman–Crippen MR) is 68.3 cm³/mol. The highest BCUT2D eigenvalue weighted by molar-refractivity contribution is 9.09. The zero-order valence-electron chi connectivity index (χ0n) is 8.38. The molecule has 0 aliphatic rings. The first-order valence-corrected chi connectivity index (χ1v) is 6.64. The summed E-state index contributed by atoms with van der Waals surface area (Å²) in [6, 6.07) is 4.06. The zero-order valence-corrected chi connectivity index (χ0v) is 11.5. The Morgan fingerprint density at radius 1 is 1.40 bits per heavy atom. The van der Waals surface area contributed by atoms with Crippen LogP contribution in [-0.4, -0.2) is 0 Å². The minimum absolute atomic E-state index is 0.101. The second kappa shape index (κ2) is 4.32. The number of furan rings is 1. The molecule has 0 aliphatic heterocycles. The van der Waals surface area contributed by atoms with Crippen molar-refractivity contribution in [2.45, 2.75) is 18.7 Å². The smallest absolute Gasteiger partial charge is 0.125 e. The van der Waals surface area contributed by atoms with Crippen molar-refractivity contribution < 1.29 is 4.42 Å². The highest BCUT2D eigenvalue weighted by Gasteiger charge is 2.18. The highest BCUT2D eigenvalue weighted by Crippen LogP contribution is 2.40. The molecule has 0 radical (unpaired) electrons. The summed E-state index contributed by atoms with van der Waals surface area (Å²) in [5.41, 5.74) is 2.27. The van der Waals surface area contributed by atoms with Gasteiger partial charge in [-0.15, -0.1) is 11.3 Å². The lowest BCUT2D eigenvalue weighted by Gasteiger charge is -2.04. The average Bonchev–Trinajstić information content (AvgIpc) is 2.74. The third-order valence-electron chi connectivity index (χ3n) is 2.26. The second-order valence-corrected chi connectivity index (χ2v) is 6.04. The van der Waals surface area contributed by atoms with Crippen molar-refractivity contribution in [3.8, 4) is 0 Å². The van der Waals surface area contributed by atoms with E-state index < -0.39 is 0 Å². The van der Waals surface area contributed by atoms with Crippen LogP contribution in [0.25, 0.3) is 0 Å². The van der Waals surface area contributed by atoms with Gasteiger partial charge >= 0.3 is 0 Å². The number of hydrogen-bond donors (Lipinski definition) is 0. The van der Waals surface area contributed by atoms with Crippen molar-refractivity contribution in [1.29, 1.82) is 0 Å². The molecule has 15 heavy (non-hydrogen) atoms. The fourth-order valence-electron chi connectivity index (χ4n) is 1.38. The van der Waals surface area contributed by atoms with Gasteiger partial charge in [-0.3, -0.25) is 0 Å². The van der Waals surface area contributed by atoms with Crippen molar-refractivity contribution in [3.63, 3.8) is 0 Å². The van der Waals surface area contributed by atoms with E-state index in [1.165, 1.54) is 4.88 Å². The van der Waals surface area contributed by atoms with Gasteiger partial charge in [0.25, 0.3) is 0 Å². The molecule has 0 saturated carbocycles. The fraction of sp³-hybridized carbons (Fsp3) is 0.273. The van der Waals surface area contributed by atoms with Gasteiger partial charge in [0.05, 0.1) is 10.6 Å². The molecule has 0 aromatic carbocycles. The van der Waals surface area contributed by atoms with E-state index in [9.17, 15) is 0 Å².